The fraction of sp³-hybridized carbons (Fsp3) is 0.300. The highest BCUT2D eigenvalue weighted by molar-refractivity contribution is 5.74. The number of aromatic nitrogens is 1. The zero-order valence-electron chi connectivity index (χ0n) is 8.05. The lowest BCUT2D eigenvalue weighted by molar-refractivity contribution is 0.202. The van der Waals surface area contributed by atoms with Crippen molar-refractivity contribution in [2.24, 2.45) is 0 Å². The molecule has 2 rings (SSSR count). The van der Waals surface area contributed by atoms with Crippen LogP contribution in [0.1, 0.15) is 0 Å². The number of anilines is 1. The van der Waals surface area contributed by atoms with E-state index in [9.17, 15) is 0 Å². The zero-order chi connectivity index (χ0) is 10.7. The number of aliphatic hydroxyl groups is 2. The first-order valence-electron chi connectivity index (χ1n) is 4.67. The fourth-order valence-corrected chi connectivity index (χ4v) is 1.26. The molecule has 5 nitrogen and oxygen atoms in total. The Morgan fingerprint density at radius 3 is 2.67 bits per heavy atom. The Balaban J connectivity index is 2.21. The minimum Gasteiger partial charge on any atom is -0.424 e. The zero-order valence-corrected chi connectivity index (χ0v) is 8.05. The minimum atomic E-state index is -0.446. The van der Waals surface area contributed by atoms with E-state index in [1.165, 1.54) is 0 Å². The highest BCUT2D eigenvalue weighted by Gasteiger charge is 2.10. The van der Waals surface area contributed by atoms with Crippen molar-refractivity contribution in [2.45, 2.75) is 6.04 Å². The van der Waals surface area contributed by atoms with Gasteiger partial charge in [-0.2, -0.15) is 4.98 Å². The Kier molecular flexibility index (Phi) is 2.84. The third kappa shape index (κ3) is 2.08. The Morgan fingerprint density at radius 1 is 1.27 bits per heavy atom. The van der Waals surface area contributed by atoms with Gasteiger partial charge < -0.3 is 19.9 Å². The van der Waals surface area contributed by atoms with Crippen molar-refractivity contribution >= 4 is 17.1 Å². The van der Waals surface area contributed by atoms with Crippen LogP contribution in [0, 0.1) is 0 Å². The number of aliphatic hydroxyl groups excluding tert-OH is 2. The summed E-state index contributed by atoms with van der Waals surface area (Å²) in [5.41, 5.74) is 1.42. The van der Waals surface area contributed by atoms with E-state index in [0.717, 1.165) is 5.52 Å². The number of hydrogen-bond acceptors (Lipinski definition) is 5. The summed E-state index contributed by atoms with van der Waals surface area (Å²) in [6.07, 6.45) is 0. The molecule has 0 saturated carbocycles. The summed E-state index contributed by atoms with van der Waals surface area (Å²) in [4.78, 5) is 4.15. The van der Waals surface area contributed by atoms with Gasteiger partial charge in [0, 0.05) is 0 Å². The maximum Gasteiger partial charge on any atom is 0.296 e. The highest BCUT2D eigenvalue weighted by atomic mass is 16.4. The number of nitrogens with one attached hydrogen (secondary N) is 1. The molecular formula is C10H12N2O3. The van der Waals surface area contributed by atoms with Crippen LogP contribution in [0.25, 0.3) is 11.1 Å². The van der Waals surface area contributed by atoms with Crippen molar-refractivity contribution in [3.8, 4) is 0 Å². The van der Waals surface area contributed by atoms with E-state index in [1.807, 2.05) is 18.2 Å². The van der Waals surface area contributed by atoms with Crippen molar-refractivity contribution in [3.05, 3.63) is 24.3 Å². The van der Waals surface area contributed by atoms with Crippen LogP contribution in [-0.4, -0.2) is 34.5 Å². The summed E-state index contributed by atoms with van der Waals surface area (Å²) in [5, 5.41) is 20.5. The minimum absolute atomic E-state index is 0.171. The van der Waals surface area contributed by atoms with Gasteiger partial charge in [0.05, 0.1) is 19.3 Å². The summed E-state index contributed by atoms with van der Waals surface area (Å²) < 4.78 is 5.36. The topological polar surface area (TPSA) is 78.5 Å². The number of rotatable bonds is 4. The van der Waals surface area contributed by atoms with Crippen molar-refractivity contribution in [3.63, 3.8) is 0 Å². The van der Waals surface area contributed by atoms with Crippen LogP contribution in [0.2, 0.25) is 0 Å². The Bertz CT molecular complexity index is 404. The highest BCUT2D eigenvalue weighted by Crippen LogP contribution is 2.18. The van der Waals surface area contributed by atoms with Crippen LogP contribution in [0.5, 0.6) is 0 Å². The van der Waals surface area contributed by atoms with Gasteiger partial charge in [-0.1, -0.05) is 12.1 Å². The standard InChI is InChI=1S/C10H12N2O3/c13-5-7(6-14)11-10-12-8-3-1-2-4-9(8)15-10/h1-4,7,13-14H,5-6H2,(H,11,12). The van der Waals surface area contributed by atoms with Gasteiger partial charge in [-0.3, -0.25) is 0 Å². The van der Waals surface area contributed by atoms with E-state index in [0.29, 0.717) is 11.6 Å². The van der Waals surface area contributed by atoms with Gasteiger partial charge in [0.15, 0.2) is 5.58 Å². The molecule has 1 aromatic carbocycles. The van der Waals surface area contributed by atoms with E-state index in [2.05, 4.69) is 10.3 Å². The van der Waals surface area contributed by atoms with Crippen molar-refractivity contribution in [2.75, 3.05) is 18.5 Å². The van der Waals surface area contributed by atoms with E-state index in [1.54, 1.807) is 6.07 Å². The monoisotopic (exact) mass is 208 g/mol. The molecule has 15 heavy (non-hydrogen) atoms. The molecule has 0 amide bonds. The summed E-state index contributed by atoms with van der Waals surface area (Å²) in [6.45, 7) is -0.343. The molecule has 1 heterocycles. The van der Waals surface area contributed by atoms with Crippen molar-refractivity contribution in [1.29, 1.82) is 0 Å². The number of oxazole rings is 1. The van der Waals surface area contributed by atoms with Gasteiger partial charge in [-0.25, -0.2) is 0 Å². The maximum absolute atomic E-state index is 8.87. The average molecular weight is 208 g/mol. The Labute approximate surface area is 86.4 Å². The number of hydrogen-bond donors (Lipinski definition) is 3. The molecule has 0 unspecified atom stereocenters. The number of para-hydroxylation sites is 2. The Hall–Kier alpha value is -1.59. The second kappa shape index (κ2) is 4.29. The quantitative estimate of drug-likeness (QED) is 0.685. The van der Waals surface area contributed by atoms with E-state index in [-0.39, 0.29) is 13.2 Å². The number of fused-ring (bicyclic) bond motifs is 1. The third-order valence-electron chi connectivity index (χ3n) is 2.06. The second-order valence-corrected chi connectivity index (χ2v) is 3.19. The summed E-state index contributed by atoms with van der Waals surface area (Å²) in [7, 11) is 0. The van der Waals surface area contributed by atoms with Gasteiger partial charge in [0.25, 0.3) is 6.01 Å². The van der Waals surface area contributed by atoms with Crippen LogP contribution in [0.4, 0.5) is 6.01 Å². The van der Waals surface area contributed by atoms with E-state index < -0.39 is 6.04 Å². The fourth-order valence-electron chi connectivity index (χ4n) is 1.26. The normalized spacial score (nSPS) is 11.1. The predicted octanol–water partition coefficient (Wildman–Crippen LogP) is 0.593. The first-order valence-corrected chi connectivity index (χ1v) is 4.67. The van der Waals surface area contributed by atoms with Crippen molar-refractivity contribution in [1.82, 2.24) is 4.98 Å². The van der Waals surface area contributed by atoms with Gasteiger partial charge in [-0.05, 0) is 12.1 Å². The molecular weight excluding hydrogens is 196 g/mol. The molecule has 3 N–H and O–H groups in total. The van der Waals surface area contributed by atoms with Crippen LogP contribution in [0.15, 0.2) is 28.7 Å². The summed E-state index contributed by atoms with van der Waals surface area (Å²) in [5.74, 6) is 0. The third-order valence-corrected chi connectivity index (χ3v) is 2.06. The molecule has 0 bridgehead atoms. The molecule has 0 aliphatic rings. The average Bonchev–Trinajstić information content (AvgIpc) is 2.68. The molecule has 0 spiro atoms. The van der Waals surface area contributed by atoms with Crippen LogP contribution in [-0.2, 0) is 0 Å². The Morgan fingerprint density at radius 2 is 2.00 bits per heavy atom. The molecule has 1 aromatic heterocycles. The maximum atomic E-state index is 8.87. The van der Waals surface area contributed by atoms with Crippen LogP contribution < -0.4 is 5.32 Å². The molecule has 0 atom stereocenters. The second-order valence-electron chi connectivity index (χ2n) is 3.19. The van der Waals surface area contributed by atoms with Crippen molar-refractivity contribution < 1.29 is 14.6 Å². The van der Waals surface area contributed by atoms with Crippen LogP contribution in [0.3, 0.4) is 0 Å². The largest absolute Gasteiger partial charge is 0.424 e. The lowest BCUT2D eigenvalue weighted by Crippen LogP contribution is -2.27. The number of benzene rings is 1. The van der Waals surface area contributed by atoms with Gasteiger partial charge in [0.2, 0.25) is 0 Å². The SMILES string of the molecule is OCC(CO)Nc1nc2ccccc2o1. The summed E-state index contributed by atoms with van der Waals surface area (Å²) in [6, 6.07) is 7.22. The molecule has 2 aromatic rings. The molecule has 0 aliphatic carbocycles. The van der Waals surface area contributed by atoms with Gasteiger partial charge >= 0.3 is 0 Å². The first-order chi connectivity index (χ1) is 7.33. The first kappa shape index (κ1) is 9.95. The lowest BCUT2D eigenvalue weighted by Gasteiger charge is -2.10. The molecule has 0 aliphatic heterocycles. The molecule has 0 radical (unpaired) electrons. The van der Waals surface area contributed by atoms with Gasteiger partial charge in [0.1, 0.15) is 5.52 Å². The predicted molar refractivity (Wildman–Crippen MR) is 55.6 cm³/mol. The molecule has 0 fully saturated rings. The lowest BCUT2D eigenvalue weighted by atomic mass is 10.3. The smallest absolute Gasteiger partial charge is 0.296 e. The molecule has 0 saturated heterocycles. The van der Waals surface area contributed by atoms with Crippen LogP contribution >= 0.6 is 0 Å². The van der Waals surface area contributed by atoms with E-state index >= 15 is 0 Å². The van der Waals surface area contributed by atoms with E-state index in [4.69, 9.17) is 14.6 Å². The molecule has 5 heteroatoms. The van der Waals surface area contributed by atoms with Gasteiger partial charge in [-0.15, -0.1) is 0 Å². The molecule has 80 valence electrons. The number of nitrogens with zero attached hydrogens (tertiary/aromatic N) is 1. The summed E-state index contributed by atoms with van der Waals surface area (Å²) >= 11 is 0.